The molecule has 0 atom stereocenters. The molecule has 1 aliphatic rings. The van der Waals surface area contributed by atoms with Crippen molar-refractivity contribution in [1.82, 2.24) is 19.7 Å². The lowest BCUT2D eigenvalue weighted by Crippen LogP contribution is -2.41. The molecular formula is C25H21N5O3. The van der Waals surface area contributed by atoms with E-state index in [1.807, 2.05) is 37.3 Å². The molecule has 0 saturated heterocycles. The molecule has 3 heterocycles. The lowest BCUT2D eigenvalue weighted by Gasteiger charge is -2.27. The summed E-state index contributed by atoms with van der Waals surface area (Å²) >= 11 is 0. The maximum Gasteiger partial charge on any atom is 0.261 e. The first-order valence-electron chi connectivity index (χ1n) is 10.7. The molecule has 1 aliphatic heterocycles. The van der Waals surface area contributed by atoms with E-state index in [1.165, 1.54) is 4.90 Å². The summed E-state index contributed by atoms with van der Waals surface area (Å²) < 4.78 is 1.57. The van der Waals surface area contributed by atoms with E-state index in [2.05, 4.69) is 15.4 Å². The SMILES string of the molecule is Cc1cc(NC(=O)CCCN2C(=O)c3cccc4cccc(c34)C2=O)n(-c2ccccn2)n1. The Hall–Kier alpha value is -4.33. The second kappa shape index (κ2) is 8.31. The van der Waals surface area contributed by atoms with Crippen LogP contribution in [0.15, 0.2) is 66.9 Å². The van der Waals surface area contributed by atoms with Gasteiger partial charge in [0.25, 0.3) is 11.8 Å². The van der Waals surface area contributed by atoms with E-state index in [1.54, 1.807) is 41.2 Å². The number of amides is 3. The average molecular weight is 439 g/mol. The van der Waals surface area contributed by atoms with Gasteiger partial charge in [0.1, 0.15) is 5.82 Å². The van der Waals surface area contributed by atoms with Crippen LogP contribution in [0.3, 0.4) is 0 Å². The lowest BCUT2D eigenvalue weighted by molar-refractivity contribution is -0.116. The predicted octanol–water partition coefficient (Wildman–Crippen LogP) is 3.74. The molecular weight excluding hydrogens is 418 g/mol. The Morgan fingerprint density at radius 3 is 2.36 bits per heavy atom. The van der Waals surface area contributed by atoms with Crippen molar-refractivity contribution in [1.29, 1.82) is 0 Å². The predicted molar refractivity (Wildman–Crippen MR) is 123 cm³/mol. The summed E-state index contributed by atoms with van der Waals surface area (Å²) in [5.41, 5.74) is 1.78. The van der Waals surface area contributed by atoms with Crippen LogP contribution >= 0.6 is 0 Å². The van der Waals surface area contributed by atoms with Crippen LogP contribution < -0.4 is 5.32 Å². The van der Waals surface area contributed by atoms with Gasteiger partial charge in [-0.1, -0.05) is 30.3 Å². The van der Waals surface area contributed by atoms with Crippen LogP contribution in [0.2, 0.25) is 0 Å². The summed E-state index contributed by atoms with van der Waals surface area (Å²) in [6.07, 6.45) is 2.15. The summed E-state index contributed by atoms with van der Waals surface area (Å²) in [5, 5.41) is 8.81. The van der Waals surface area contributed by atoms with E-state index in [4.69, 9.17) is 0 Å². The molecule has 2 aromatic heterocycles. The highest BCUT2D eigenvalue weighted by atomic mass is 16.2. The molecule has 2 aromatic carbocycles. The van der Waals surface area contributed by atoms with Gasteiger partial charge in [0, 0.05) is 41.7 Å². The Morgan fingerprint density at radius 2 is 1.70 bits per heavy atom. The third-order valence-corrected chi connectivity index (χ3v) is 5.61. The number of aromatic nitrogens is 3. The minimum atomic E-state index is -0.325. The molecule has 33 heavy (non-hydrogen) atoms. The first-order chi connectivity index (χ1) is 16.0. The second-order valence-electron chi connectivity index (χ2n) is 7.89. The minimum absolute atomic E-state index is 0.148. The van der Waals surface area contributed by atoms with Crippen LogP contribution in [0.25, 0.3) is 16.6 Å². The number of anilines is 1. The summed E-state index contributed by atoms with van der Waals surface area (Å²) in [7, 11) is 0. The summed E-state index contributed by atoms with van der Waals surface area (Å²) in [6.45, 7) is 2.00. The average Bonchev–Trinajstić information content (AvgIpc) is 3.19. The van der Waals surface area contributed by atoms with Gasteiger partial charge in [0.2, 0.25) is 5.91 Å². The number of hydrogen-bond donors (Lipinski definition) is 1. The van der Waals surface area contributed by atoms with Crippen molar-refractivity contribution in [3.63, 3.8) is 0 Å². The number of benzene rings is 2. The van der Waals surface area contributed by atoms with Crippen LogP contribution in [-0.2, 0) is 4.79 Å². The van der Waals surface area contributed by atoms with Crippen LogP contribution in [0.1, 0.15) is 39.3 Å². The molecule has 164 valence electrons. The highest BCUT2D eigenvalue weighted by Crippen LogP contribution is 2.30. The standard InChI is InChI=1S/C25H21N5O3/c1-16-15-21(30(28-16)20-11-2-3-13-26-20)27-22(31)12-6-14-29-24(32)18-9-4-7-17-8-5-10-19(23(17)18)25(29)33/h2-5,7-11,13,15H,6,12,14H2,1H3,(H,27,31). The van der Waals surface area contributed by atoms with Crippen LogP contribution in [0, 0.1) is 6.92 Å². The van der Waals surface area contributed by atoms with Gasteiger partial charge in [-0.05, 0) is 43.0 Å². The Balaban J connectivity index is 1.26. The first-order valence-corrected chi connectivity index (χ1v) is 10.7. The number of rotatable bonds is 6. The van der Waals surface area contributed by atoms with Gasteiger partial charge in [0.05, 0.1) is 5.69 Å². The van der Waals surface area contributed by atoms with Crippen molar-refractivity contribution in [2.24, 2.45) is 0 Å². The fraction of sp³-hybridized carbons (Fsp3) is 0.160. The number of hydrogen-bond acceptors (Lipinski definition) is 5. The summed E-state index contributed by atoms with van der Waals surface area (Å²) in [6, 6.07) is 18.1. The third-order valence-electron chi connectivity index (χ3n) is 5.61. The lowest BCUT2D eigenvalue weighted by atomic mass is 9.94. The van der Waals surface area contributed by atoms with E-state index in [-0.39, 0.29) is 30.7 Å². The molecule has 0 unspecified atom stereocenters. The maximum atomic E-state index is 13.0. The number of nitrogens with one attached hydrogen (secondary N) is 1. The molecule has 0 aliphatic carbocycles. The number of nitrogens with zero attached hydrogens (tertiary/aromatic N) is 4. The summed E-state index contributed by atoms with van der Waals surface area (Å²) in [4.78, 5) is 44.0. The molecule has 4 aromatic rings. The van der Waals surface area contributed by atoms with Crippen LogP contribution in [0.5, 0.6) is 0 Å². The zero-order valence-corrected chi connectivity index (χ0v) is 18.0. The second-order valence-corrected chi connectivity index (χ2v) is 7.89. The van der Waals surface area contributed by atoms with Gasteiger partial charge in [-0.25, -0.2) is 4.98 Å². The van der Waals surface area contributed by atoms with Crippen molar-refractivity contribution in [3.8, 4) is 5.82 Å². The van der Waals surface area contributed by atoms with Crippen LogP contribution in [-0.4, -0.2) is 43.9 Å². The van der Waals surface area contributed by atoms with Crippen LogP contribution in [0.4, 0.5) is 5.82 Å². The number of carbonyl (C=O) groups is 3. The summed E-state index contributed by atoms with van der Waals surface area (Å²) in [5.74, 6) is 0.230. The molecule has 5 rings (SSSR count). The van der Waals surface area contributed by atoms with Gasteiger partial charge in [0.15, 0.2) is 5.82 Å². The quantitative estimate of drug-likeness (QED) is 0.462. The zero-order chi connectivity index (χ0) is 22.9. The monoisotopic (exact) mass is 439 g/mol. The molecule has 0 saturated carbocycles. The van der Waals surface area contributed by atoms with Gasteiger partial charge in [-0.15, -0.1) is 0 Å². The zero-order valence-electron chi connectivity index (χ0n) is 18.0. The van der Waals surface area contributed by atoms with Crippen molar-refractivity contribution in [2.45, 2.75) is 19.8 Å². The molecule has 3 amide bonds. The normalized spacial score (nSPS) is 12.9. The first kappa shape index (κ1) is 20.6. The van der Waals surface area contributed by atoms with E-state index in [0.29, 0.717) is 34.6 Å². The number of pyridine rings is 1. The Morgan fingerprint density at radius 1 is 0.970 bits per heavy atom. The molecule has 1 N–H and O–H groups in total. The molecule has 8 nitrogen and oxygen atoms in total. The number of aryl methyl sites for hydroxylation is 1. The Bertz CT molecular complexity index is 1340. The highest BCUT2D eigenvalue weighted by Gasteiger charge is 2.32. The highest BCUT2D eigenvalue weighted by molar-refractivity contribution is 6.25. The fourth-order valence-corrected chi connectivity index (χ4v) is 4.13. The fourth-order valence-electron chi connectivity index (χ4n) is 4.13. The Labute approximate surface area is 189 Å². The van der Waals surface area contributed by atoms with E-state index >= 15 is 0 Å². The van der Waals surface area contributed by atoms with Gasteiger partial charge < -0.3 is 5.32 Å². The van der Waals surface area contributed by atoms with Crippen molar-refractivity contribution in [3.05, 3.63) is 83.7 Å². The van der Waals surface area contributed by atoms with E-state index in [0.717, 1.165) is 11.1 Å². The number of carbonyl (C=O) groups excluding carboxylic acids is 3. The molecule has 0 radical (unpaired) electrons. The smallest absolute Gasteiger partial charge is 0.261 e. The van der Waals surface area contributed by atoms with Crippen molar-refractivity contribution >= 4 is 34.3 Å². The van der Waals surface area contributed by atoms with E-state index < -0.39 is 0 Å². The molecule has 0 spiro atoms. The number of imide groups is 1. The maximum absolute atomic E-state index is 13.0. The topological polar surface area (TPSA) is 97.2 Å². The van der Waals surface area contributed by atoms with Crippen molar-refractivity contribution in [2.75, 3.05) is 11.9 Å². The molecule has 0 bridgehead atoms. The van der Waals surface area contributed by atoms with Gasteiger partial charge in [-0.2, -0.15) is 9.78 Å². The molecule has 0 fully saturated rings. The largest absolute Gasteiger partial charge is 0.311 e. The third kappa shape index (κ3) is 3.76. The molecule has 8 heteroatoms. The van der Waals surface area contributed by atoms with Gasteiger partial charge >= 0.3 is 0 Å². The van der Waals surface area contributed by atoms with Gasteiger partial charge in [-0.3, -0.25) is 19.3 Å². The minimum Gasteiger partial charge on any atom is -0.311 e. The van der Waals surface area contributed by atoms with E-state index in [9.17, 15) is 14.4 Å². The Kier molecular flexibility index (Phi) is 5.18. The van der Waals surface area contributed by atoms with Crippen molar-refractivity contribution < 1.29 is 14.4 Å².